The monoisotopic (exact) mass is 596 g/mol. The lowest BCUT2D eigenvalue weighted by molar-refractivity contribution is -0.163. The van der Waals surface area contributed by atoms with E-state index < -0.39 is 41.5 Å². The van der Waals surface area contributed by atoms with Crippen LogP contribution in [0.5, 0.6) is 0 Å². The number of benzene rings is 3. The van der Waals surface area contributed by atoms with Crippen LogP contribution >= 0.6 is 0 Å². The van der Waals surface area contributed by atoms with Gasteiger partial charge in [-0.25, -0.2) is 9.59 Å². The fourth-order valence-corrected chi connectivity index (χ4v) is 5.41. The van der Waals surface area contributed by atoms with Crippen molar-refractivity contribution in [3.05, 3.63) is 114 Å². The van der Waals surface area contributed by atoms with Crippen molar-refractivity contribution in [2.45, 2.75) is 52.0 Å². The summed E-state index contributed by atoms with van der Waals surface area (Å²) in [4.78, 5) is 53.6. The molecule has 1 saturated heterocycles. The summed E-state index contributed by atoms with van der Waals surface area (Å²) in [5.41, 5.74) is 2.01. The smallest absolute Gasteiger partial charge is 0.407 e. The largest absolute Gasteiger partial charge is 0.457 e. The lowest BCUT2D eigenvalue weighted by Gasteiger charge is -2.30. The highest BCUT2D eigenvalue weighted by Crippen LogP contribution is 2.37. The third kappa shape index (κ3) is 7.34. The maximum atomic E-state index is 13.6. The average molecular weight is 597 g/mol. The molecule has 44 heavy (non-hydrogen) atoms. The molecule has 1 fully saturated rings. The summed E-state index contributed by atoms with van der Waals surface area (Å²) in [6, 6.07) is 24.7. The van der Waals surface area contributed by atoms with E-state index in [-0.39, 0.29) is 19.1 Å². The first-order valence-electron chi connectivity index (χ1n) is 14.7. The van der Waals surface area contributed by atoms with Gasteiger partial charge in [0.2, 0.25) is 0 Å². The Morgan fingerprint density at radius 3 is 2.11 bits per heavy atom. The molecular weight excluding hydrogens is 560 g/mol. The molecule has 0 unspecified atom stereocenters. The van der Waals surface area contributed by atoms with Gasteiger partial charge in [0.25, 0.3) is 5.91 Å². The lowest BCUT2D eigenvalue weighted by Crippen LogP contribution is -2.46. The molecule has 0 aromatic heterocycles. The molecule has 2 amide bonds. The molecule has 3 aromatic rings. The SMILES string of the molecule is CC1(C)CN(c2ccc(C(=O)OCc3ccccc3)cc2)C(=O)[C@@H]1OC(=O)[C@H]1CCC=C[C@H]1NC(=O)OCc1ccccc1. The van der Waals surface area contributed by atoms with E-state index in [0.717, 1.165) is 11.1 Å². The minimum Gasteiger partial charge on any atom is -0.457 e. The molecule has 2 aliphatic rings. The fraction of sp³-hybridized carbons (Fsp3) is 0.314. The number of allylic oxidation sites excluding steroid dienone is 1. The van der Waals surface area contributed by atoms with Gasteiger partial charge in [-0.2, -0.15) is 0 Å². The molecule has 3 atom stereocenters. The molecule has 1 aliphatic carbocycles. The number of alkyl carbamates (subject to hydrolysis) is 1. The van der Waals surface area contributed by atoms with Gasteiger partial charge in [-0.1, -0.05) is 86.7 Å². The summed E-state index contributed by atoms with van der Waals surface area (Å²) in [5.74, 6) is -2.02. The maximum absolute atomic E-state index is 13.6. The van der Waals surface area contributed by atoms with Crippen molar-refractivity contribution in [1.82, 2.24) is 5.32 Å². The molecule has 1 heterocycles. The van der Waals surface area contributed by atoms with E-state index in [1.807, 2.05) is 80.6 Å². The highest BCUT2D eigenvalue weighted by molar-refractivity contribution is 6.01. The van der Waals surface area contributed by atoms with Gasteiger partial charge in [0.05, 0.1) is 17.5 Å². The van der Waals surface area contributed by atoms with Crippen LogP contribution in [0.25, 0.3) is 0 Å². The third-order valence-electron chi connectivity index (χ3n) is 7.85. The van der Waals surface area contributed by atoms with Crippen molar-refractivity contribution in [3.63, 3.8) is 0 Å². The first-order chi connectivity index (χ1) is 21.2. The molecule has 5 rings (SSSR count). The predicted octanol–water partition coefficient (Wildman–Crippen LogP) is 5.59. The van der Waals surface area contributed by atoms with Crippen molar-refractivity contribution in [1.29, 1.82) is 0 Å². The Kier molecular flexibility index (Phi) is 9.43. The molecule has 0 spiro atoms. The number of carbonyl (C=O) groups excluding carboxylic acids is 4. The van der Waals surface area contributed by atoms with Crippen molar-refractivity contribution in [3.8, 4) is 0 Å². The molecule has 1 N–H and O–H groups in total. The molecule has 9 nitrogen and oxygen atoms in total. The number of carbonyl (C=O) groups is 4. The van der Waals surface area contributed by atoms with Gasteiger partial charge < -0.3 is 24.4 Å². The van der Waals surface area contributed by atoms with Crippen molar-refractivity contribution < 1.29 is 33.4 Å². The van der Waals surface area contributed by atoms with Crippen LogP contribution in [0.2, 0.25) is 0 Å². The Morgan fingerprint density at radius 2 is 1.48 bits per heavy atom. The minimum atomic E-state index is -1.01. The normalized spacial score (nSPS) is 20.5. The zero-order valence-corrected chi connectivity index (χ0v) is 24.8. The van der Waals surface area contributed by atoms with Crippen LogP contribution in [-0.4, -0.2) is 42.6 Å². The van der Waals surface area contributed by atoms with Crippen LogP contribution in [0.1, 0.15) is 48.2 Å². The van der Waals surface area contributed by atoms with Crippen LogP contribution in [-0.2, 0) is 37.0 Å². The summed E-state index contributed by atoms with van der Waals surface area (Å²) < 4.78 is 16.6. The zero-order valence-electron chi connectivity index (χ0n) is 24.8. The molecule has 0 bridgehead atoms. The highest BCUT2D eigenvalue weighted by Gasteiger charge is 2.50. The molecule has 9 heteroatoms. The van der Waals surface area contributed by atoms with E-state index in [1.165, 1.54) is 0 Å². The van der Waals surface area contributed by atoms with Crippen molar-refractivity contribution in [2.24, 2.45) is 11.3 Å². The molecule has 3 aromatic carbocycles. The van der Waals surface area contributed by atoms with Crippen molar-refractivity contribution in [2.75, 3.05) is 11.4 Å². The second-order valence-corrected chi connectivity index (χ2v) is 11.7. The Balaban J connectivity index is 1.18. The summed E-state index contributed by atoms with van der Waals surface area (Å²) in [5, 5.41) is 2.76. The predicted molar refractivity (Wildman–Crippen MR) is 163 cm³/mol. The van der Waals surface area contributed by atoms with E-state index in [2.05, 4.69) is 5.32 Å². The molecular formula is C35H36N2O7. The van der Waals surface area contributed by atoms with Gasteiger partial charge in [0, 0.05) is 17.6 Å². The Bertz CT molecular complexity index is 1500. The van der Waals surface area contributed by atoms with Gasteiger partial charge in [-0.05, 0) is 48.2 Å². The number of ether oxygens (including phenoxy) is 3. The van der Waals surface area contributed by atoms with Crippen LogP contribution in [0.15, 0.2) is 97.1 Å². The summed E-state index contributed by atoms with van der Waals surface area (Å²) in [6.45, 7) is 4.33. The topological polar surface area (TPSA) is 111 Å². The zero-order chi connectivity index (χ0) is 31.1. The number of amides is 2. The van der Waals surface area contributed by atoms with Gasteiger partial charge in [0.1, 0.15) is 13.2 Å². The van der Waals surface area contributed by atoms with Gasteiger partial charge in [-0.15, -0.1) is 0 Å². The number of hydrogen-bond donors (Lipinski definition) is 1. The van der Waals surface area contributed by atoms with Gasteiger partial charge >= 0.3 is 18.0 Å². The fourth-order valence-electron chi connectivity index (χ4n) is 5.41. The number of anilines is 1. The van der Waals surface area contributed by atoms with E-state index in [0.29, 0.717) is 30.6 Å². The van der Waals surface area contributed by atoms with E-state index >= 15 is 0 Å². The second kappa shape index (κ2) is 13.6. The number of esters is 2. The second-order valence-electron chi connectivity index (χ2n) is 11.7. The summed E-state index contributed by atoms with van der Waals surface area (Å²) in [6.07, 6.45) is 3.12. The first kappa shape index (κ1) is 30.5. The third-order valence-corrected chi connectivity index (χ3v) is 7.85. The number of rotatable bonds is 9. The van der Waals surface area contributed by atoms with Crippen molar-refractivity contribution >= 4 is 29.6 Å². The van der Waals surface area contributed by atoms with E-state index in [1.54, 1.807) is 35.2 Å². The summed E-state index contributed by atoms with van der Waals surface area (Å²) in [7, 11) is 0. The highest BCUT2D eigenvalue weighted by atomic mass is 16.6. The summed E-state index contributed by atoms with van der Waals surface area (Å²) >= 11 is 0. The Morgan fingerprint density at radius 1 is 0.864 bits per heavy atom. The molecule has 0 radical (unpaired) electrons. The van der Waals surface area contributed by atoms with Gasteiger partial charge in [0.15, 0.2) is 6.10 Å². The van der Waals surface area contributed by atoms with Crippen LogP contribution in [0.3, 0.4) is 0 Å². The van der Waals surface area contributed by atoms with E-state index in [9.17, 15) is 19.2 Å². The first-order valence-corrected chi connectivity index (χ1v) is 14.7. The van der Waals surface area contributed by atoms with E-state index in [4.69, 9.17) is 14.2 Å². The standard InChI is InChI=1S/C35H36N2O7/c1-35(2)23-37(27-19-17-26(18-20-27)32(39)42-21-24-11-5-3-6-12-24)31(38)30(35)44-33(40)28-15-9-10-16-29(28)36-34(41)43-22-25-13-7-4-8-14-25/h3-8,10-14,16-20,28-30H,9,15,21-23H2,1-2H3,(H,36,41)/t28-,29+,30-/m0/s1. The van der Waals surface area contributed by atoms with Gasteiger partial charge in [-0.3, -0.25) is 9.59 Å². The molecule has 228 valence electrons. The molecule has 1 aliphatic heterocycles. The Hall–Kier alpha value is -4.92. The quantitative estimate of drug-likeness (QED) is 0.195. The van der Waals surface area contributed by atoms with Crippen LogP contribution in [0.4, 0.5) is 10.5 Å². The molecule has 0 saturated carbocycles. The van der Waals surface area contributed by atoms with Crippen LogP contribution in [0, 0.1) is 11.3 Å². The Labute approximate surface area is 256 Å². The maximum Gasteiger partial charge on any atom is 0.407 e. The minimum absolute atomic E-state index is 0.106. The number of nitrogens with one attached hydrogen (secondary N) is 1. The average Bonchev–Trinajstić information content (AvgIpc) is 3.27. The number of nitrogens with zero attached hydrogens (tertiary/aromatic N) is 1. The number of hydrogen-bond acceptors (Lipinski definition) is 7. The van der Waals surface area contributed by atoms with Crippen LogP contribution < -0.4 is 10.2 Å². The lowest BCUT2D eigenvalue weighted by atomic mass is 9.87.